The van der Waals surface area contributed by atoms with E-state index in [2.05, 4.69) is 5.32 Å². The molecule has 6 heteroatoms. The molecule has 0 fully saturated rings. The van der Waals surface area contributed by atoms with E-state index in [1.807, 2.05) is 19.1 Å². The fraction of sp³-hybridized carbons (Fsp3) is 0.200. The lowest BCUT2D eigenvalue weighted by molar-refractivity contribution is -0.384. The van der Waals surface area contributed by atoms with Crippen molar-refractivity contribution in [1.82, 2.24) is 0 Å². The highest BCUT2D eigenvalue weighted by atomic mass is 35.5. The van der Waals surface area contributed by atoms with E-state index in [0.29, 0.717) is 17.3 Å². The van der Waals surface area contributed by atoms with Crippen LogP contribution in [0, 0.1) is 17.0 Å². The Morgan fingerprint density at radius 3 is 2.67 bits per heavy atom. The van der Waals surface area contributed by atoms with Crippen LogP contribution in [-0.2, 0) is 6.61 Å². The minimum absolute atomic E-state index is 0.0453. The van der Waals surface area contributed by atoms with Crippen molar-refractivity contribution >= 4 is 23.0 Å². The predicted molar refractivity (Wildman–Crippen MR) is 83.2 cm³/mol. The van der Waals surface area contributed by atoms with Crippen LogP contribution in [-0.4, -0.2) is 12.0 Å². The largest absolute Gasteiger partial charge is 0.489 e. The topological polar surface area (TPSA) is 64.4 Å². The number of nitro groups is 1. The summed E-state index contributed by atoms with van der Waals surface area (Å²) in [5, 5.41) is 14.3. The Kier molecular flexibility index (Phi) is 4.65. The molecular formula is C15H15ClN2O3. The van der Waals surface area contributed by atoms with E-state index in [1.165, 1.54) is 6.07 Å². The maximum Gasteiger partial charge on any atom is 0.292 e. The number of nitrogens with zero attached hydrogens (tertiary/aromatic N) is 1. The number of nitro benzene ring substituents is 1. The standard InChI is InChI=1S/C15H15ClN2O3/c1-10-7-12(16)4-6-15(10)21-9-11-3-5-14(18(19)20)13(8-11)17-2/h3-8,17H,9H2,1-2H3. The van der Waals surface area contributed by atoms with E-state index in [9.17, 15) is 10.1 Å². The summed E-state index contributed by atoms with van der Waals surface area (Å²) in [5.74, 6) is 0.740. The second-order valence-electron chi connectivity index (χ2n) is 4.56. The summed E-state index contributed by atoms with van der Waals surface area (Å²) in [5.41, 5.74) is 2.30. The minimum atomic E-state index is -0.417. The molecular weight excluding hydrogens is 292 g/mol. The molecule has 0 radical (unpaired) electrons. The van der Waals surface area contributed by atoms with E-state index in [0.717, 1.165) is 16.9 Å². The number of benzene rings is 2. The van der Waals surface area contributed by atoms with Crippen LogP contribution in [0.3, 0.4) is 0 Å². The molecule has 0 heterocycles. The van der Waals surface area contributed by atoms with E-state index in [1.54, 1.807) is 25.2 Å². The van der Waals surface area contributed by atoms with Gasteiger partial charge in [0.1, 0.15) is 18.0 Å². The van der Waals surface area contributed by atoms with E-state index in [4.69, 9.17) is 16.3 Å². The summed E-state index contributed by atoms with van der Waals surface area (Å²) in [6.07, 6.45) is 0. The first kappa shape index (κ1) is 15.1. The van der Waals surface area contributed by atoms with E-state index >= 15 is 0 Å². The van der Waals surface area contributed by atoms with Crippen LogP contribution in [0.4, 0.5) is 11.4 Å². The molecule has 0 aromatic heterocycles. The smallest absolute Gasteiger partial charge is 0.292 e. The van der Waals surface area contributed by atoms with Crippen molar-refractivity contribution in [3.05, 3.63) is 62.7 Å². The zero-order chi connectivity index (χ0) is 15.4. The summed E-state index contributed by atoms with van der Waals surface area (Å²) < 4.78 is 5.72. The number of ether oxygens (including phenoxy) is 1. The number of halogens is 1. The van der Waals surface area contributed by atoms with Gasteiger partial charge < -0.3 is 10.1 Å². The molecule has 0 spiro atoms. The first-order valence-corrected chi connectivity index (χ1v) is 6.73. The van der Waals surface area contributed by atoms with E-state index < -0.39 is 4.92 Å². The second-order valence-corrected chi connectivity index (χ2v) is 4.99. The summed E-state index contributed by atoms with van der Waals surface area (Å²) in [7, 11) is 1.65. The van der Waals surface area contributed by atoms with Gasteiger partial charge in [0.25, 0.3) is 5.69 Å². The third kappa shape index (κ3) is 3.64. The fourth-order valence-electron chi connectivity index (χ4n) is 1.97. The van der Waals surface area contributed by atoms with Gasteiger partial charge >= 0.3 is 0 Å². The molecule has 0 aliphatic carbocycles. The van der Waals surface area contributed by atoms with Gasteiger partial charge in [-0.1, -0.05) is 11.6 Å². The average molecular weight is 307 g/mol. The Labute approximate surface area is 127 Å². The molecule has 0 aliphatic rings. The first-order valence-electron chi connectivity index (χ1n) is 6.35. The Balaban J connectivity index is 2.15. The van der Waals surface area contributed by atoms with Gasteiger partial charge in [-0.3, -0.25) is 10.1 Å². The van der Waals surface area contributed by atoms with Gasteiger partial charge in [0.05, 0.1) is 4.92 Å². The average Bonchev–Trinajstić information content (AvgIpc) is 2.45. The molecule has 0 aliphatic heterocycles. The van der Waals surface area contributed by atoms with Crippen LogP contribution < -0.4 is 10.1 Å². The lowest BCUT2D eigenvalue weighted by Gasteiger charge is -2.10. The van der Waals surface area contributed by atoms with Crippen molar-refractivity contribution < 1.29 is 9.66 Å². The second kappa shape index (κ2) is 6.45. The van der Waals surface area contributed by atoms with Crippen molar-refractivity contribution in [2.75, 3.05) is 12.4 Å². The van der Waals surface area contributed by atoms with Gasteiger partial charge in [-0.2, -0.15) is 0 Å². The SMILES string of the molecule is CNc1cc(COc2ccc(Cl)cc2C)ccc1[N+](=O)[O-]. The monoisotopic (exact) mass is 306 g/mol. The third-order valence-electron chi connectivity index (χ3n) is 3.06. The molecule has 0 unspecified atom stereocenters. The highest BCUT2D eigenvalue weighted by Gasteiger charge is 2.13. The molecule has 110 valence electrons. The lowest BCUT2D eigenvalue weighted by Crippen LogP contribution is -2.01. The number of aryl methyl sites for hydroxylation is 1. The maximum absolute atomic E-state index is 10.9. The highest BCUT2D eigenvalue weighted by molar-refractivity contribution is 6.30. The van der Waals surface area contributed by atoms with Gasteiger partial charge in [0, 0.05) is 18.1 Å². The molecule has 0 amide bonds. The predicted octanol–water partition coefficient (Wildman–Crippen LogP) is 4.18. The van der Waals surface area contributed by atoms with Gasteiger partial charge in [0.2, 0.25) is 0 Å². The molecule has 0 atom stereocenters. The number of hydrogen-bond donors (Lipinski definition) is 1. The van der Waals surface area contributed by atoms with Crippen LogP contribution in [0.15, 0.2) is 36.4 Å². The molecule has 0 saturated heterocycles. The van der Waals surface area contributed by atoms with Crippen molar-refractivity contribution in [3.63, 3.8) is 0 Å². The normalized spacial score (nSPS) is 10.2. The summed E-state index contributed by atoms with van der Waals surface area (Å²) in [4.78, 5) is 10.5. The Morgan fingerprint density at radius 2 is 2.05 bits per heavy atom. The van der Waals surface area contributed by atoms with Gasteiger partial charge in [-0.15, -0.1) is 0 Å². The van der Waals surface area contributed by atoms with Gasteiger partial charge in [-0.25, -0.2) is 0 Å². The van der Waals surface area contributed by atoms with Gasteiger partial charge in [-0.05, 0) is 48.4 Å². The lowest BCUT2D eigenvalue weighted by atomic mass is 10.1. The molecule has 0 bridgehead atoms. The zero-order valence-corrected chi connectivity index (χ0v) is 12.5. The number of anilines is 1. The Hall–Kier alpha value is -2.27. The quantitative estimate of drug-likeness (QED) is 0.665. The van der Waals surface area contributed by atoms with Gasteiger partial charge in [0.15, 0.2) is 0 Å². The molecule has 2 aromatic carbocycles. The van der Waals surface area contributed by atoms with Crippen LogP contribution in [0.5, 0.6) is 5.75 Å². The molecule has 5 nitrogen and oxygen atoms in total. The molecule has 0 saturated carbocycles. The van der Waals surface area contributed by atoms with Crippen LogP contribution in [0.1, 0.15) is 11.1 Å². The number of hydrogen-bond acceptors (Lipinski definition) is 4. The summed E-state index contributed by atoms with van der Waals surface area (Å²) in [6.45, 7) is 2.24. The maximum atomic E-state index is 10.9. The highest BCUT2D eigenvalue weighted by Crippen LogP contribution is 2.27. The molecule has 21 heavy (non-hydrogen) atoms. The van der Waals surface area contributed by atoms with Crippen LogP contribution in [0.2, 0.25) is 5.02 Å². The van der Waals surface area contributed by atoms with Crippen molar-refractivity contribution in [2.24, 2.45) is 0 Å². The number of nitrogens with one attached hydrogen (secondary N) is 1. The fourth-order valence-corrected chi connectivity index (χ4v) is 2.19. The van der Waals surface area contributed by atoms with E-state index in [-0.39, 0.29) is 5.69 Å². The third-order valence-corrected chi connectivity index (χ3v) is 3.29. The van der Waals surface area contributed by atoms with Crippen LogP contribution >= 0.6 is 11.6 Å². The van der Waals surface area contributed by atoms with Crippen molar-refractivity contribution in [1.29, 1.82) is 0 Å². The zero-order valence-electron chi connectivity index (χ0n) is 11.7. The Bertz CT molecular complexity index is 674. The number of rotatable bonds is 5. The summed E-state index contributed by atoms with van der Waals surface area (Å²) >= 11 is 5.89. The molecule has 1 N–H and O–H groups in total. The molecule has 2 aromatic rings. The van der Waals surface area contributed by atoms with Crippen molar-refractivity contribution in [2.45, 2.75) is 13.5 Å². The molecule has 2 rings (SSSR count). The Morgan fingerprint density at radius 1 is 1.29 bits per heavy atom. The van der Waals surface area contributed by atoms with Crippen molar-refractivity contribution in [3.8, 4) is 5.75 Å². The minimum Gasteiger partial charge on any atom is -0.489 e. The first-order chi connectivity index (χ1) is 10.0. The van der Waals surface area contributed by atoms with Crippen LogP contribution in [0.25, 0.3) is 0 Å². The summed E-state index contributed by atoms with van der Waals surface area (Å²) in [6, 6.07) is 10.3.